The van der Waals surface area contributed by atoms with Gasteiger partial charge in [0.2, 0.25) is 11.8 Å². The van der Waals surface area contributed by atoms with E-state index in [1.807, 2.05) is 6.07 Å². The number of ketones is 1. The van der Waals surface area contributed by atoms with Crippen LogP contribution in [-0.2, 0) is 36.4 Å². The molecule has 0 aromatic heterocycles. The van der Waals surface area contributed by atoms with E-state index in [0.29, 0.717) is 0 Å². The maximum absolute atomic E-state index is 12.2. The number of carbonyl (C=O) groups excluding carboxylic acids is 3. The number of aliphatic carboxylic acids is 1. The van der Waals surface area contributed by atoms with Crippen LogP contribution in [-0.4, -0.2) is 61.0 Å². The normalized spacial score (nSPS) is 28.8. The highest BCUT2D eigenvalue weighted by atomic mass is 32.2. The summed E-state index contributed by atoms with van der Waals surface area (Å²) < 4.78 is 12.1. The lowest BCUT2D eigenvalue weighted by Crippen LogP contribution is -2.79. The van der Waals surface area contributed by atoms with Gasteiger partial charge in [0, 0.05) is 0 Å². The summed E-state index contributed by atoms with van der Waals surface area (Å²) in [5, 5.41) is 10.6. The number of nitrogens with zero attached hydrogens (tertiary/aromatic N) is 1. The molecular weight excluding hydrogens is 336 g/mol. The Labute approximate surface area is 139 Å². The fraction of sp³-hybridized carbons (Fsp3) is 0.333. The highest BCUT2D eigenvalue weighted by molar-refractivity contribution is 7.86. The predicted molar refractivity (Wildman–Crippen MR) is 82.2 cm³/mol. The van der Waals surface area contributed by atoms with Gasteiger partial charge in [-0.15, -0.1) is 0 Å². The topological polar surface area (TPSA) is 121 Å². The van der Waals surface area contributed by atoms with Crippen molar-refractivity contribution in [3.05, 3.63) is 35.9 Å². The second kappa shape index (κ2) is 6.16. The molecule has 4 atom stereocenters. The Bertz CT molecular complexity index is 750. The zero-order chi connectivity index (χ0) is 17.4. The van der Waals surface area contributed by atoms with Crippen molar-refractivity contribution in [1.82, 2.24) is 10.2 Å². The molecule has 2 amide bonds. The number of β-lactam (4-membered cyclic amide) rings is 1. The molecule has 2 aliphatic rings. The Morgan fingerprint density at radius 1 is 1.25 bits per heavy atom. The Kier molecular flexibility index (Phi) is 4.18. The third-order valence-corrected chi connectivity index (χ3v) is 5.58. The maximum Gasteiger partial charge on any atom is 0.334 e. The summed E-state index contributed by atoms with van der Waals surface area (Å²) >= 11 is 0. The van der Waals surface area contributed by atoms with Crippen molar-refractivity contribution >= 4 is 34.4 Å². The fourth-order valence-electron chi connectivity index (χ4n) is 2.89. The summed E-state index contributed by atoms with van der Waals surface area (Å²) in [6.07, 6.45) is 0.0469. The minimum atomic E-state index is -1.73. The van der Waals surface area contributed by atoms with Gasteiger partial charge in [-0.05, 0) is 5.56 Å². The van der Waals surface area contributed by atoms with Crippen LogP contribution in [0.25, 0.3) is 0 Å². The molecule has 2 fully saturated rings. The van der Waals surface area contributed by atoms with Crippen LogP contribution < -0.4 is 5.32 Å². The summed E-state index contributed by atoms with van der Waals surface area (Å²) in [6, 6.07) is 6.19. The molecule has 2 N–H and O–H groups in total. The van der Waals surface area contributed by atoms with Gasteiger partial charge in [-0.1, -0.05) is 30.3 Å². The number of nitrogens with one attached hydrogen (secondary N) is 1. The van der Waals surface area contributed by atoms with Gasteiger partial charge in [0.25, 0.3) is 0 Å². The van der Waals surface area contributed by atoms with Gasteiger partial charge in [0.1, 0.15) is 11.4 Å². The lowest BCUT2D eigenvalue weighted by atomic mass is 10.00. The van der Waals surface area contributed by atoms with E-state index in [0.717, 1.165) is 10.5 Å². The molecule has 126 valence electrons. The molecule has 1 aromatic carbocycles. The Hall–Kier alpha value is -2.55. The fourth-order valence-corrected chi connectivity index (χ4v) is 4.47. The zero-order valence-corrected chi connectivity index (χ0v) is 13.2. The number of amides is 2. The first-order chi connectivity index (χ1) is 11.4. The van der Waals surface area contributed by atoms with Gasteiger partial charge in [-0.25, -0.2) is 4.79 Å². The van der Waals surface area contributed by atoms with Gasteiger partial charge in [0.05, 0.1) is 23.0 Å². The predicted octanol–water partition coefficient (Wildman–Crippen LogP) is -1.33. The smallest absolute Gasteiger partial charge is 0.334 e. The van der Waals surface area contributed by atoms with Crippen LogP contribution in [0.1, 0.15) is 5.56 Å². The molecule has 9 heteroatoms. The number of rotatable bonds is 4. The molecule has 2 aliphatic heterocycles. The summed E-state index contributed by atoms with van der Waals surface area (Å²) in [6.45, 7) is 0. The quantitative estimate of drug-likeness (QED) is 0.512. The van der Waals surface area contributed by atoms with Gasteiger partial charge in [-0.2, -0.15) is 0 Å². The highest BCUT2D eigenvalue weighted by Gasteiger charge is 2.60. The van der Waals surface area contributed by atoms with Crippen LogP contribution in [0.2, 0.25) is 0 Å². The Morgan fingerprint density at radius 3 is 2.54 bits per heavy atom. The molecule has 3 rings (SSSR count). The number of benzene rings is 1. The van der Waals surface area contributed by atoms with Crippen molar-refractivity contribution < 1.29 is 28.5 Å². The van der Waals surface area contributed by atoms with Gasteiger partial charge < -0.3 is 15.3 Å². The molecule has 0 spiro atoms. The number of hydrogen-bond donors (Lipinski definition) is 2. The van der Waals surface area contributed by atoms with Crippen molar-refractivity contribution in [2.45, 2.75) is 23.9 Å². The Balaban J connectivity index is 1.71. The van der Waals surface area contributed by atoms with E-state index in [9.17, 15) is 23.4 Å². The van der Waals surface area contributed by atoms with Gasteiger partial charge >= 0.3 is 5.97 Å². The molecular formula is C15H14N2O6S. The van der Waals surface area contributed by atoms with Gasteiger partial charge in [0.15, 0.2) is 11.8 Å². The molecule has 2 heterocycles. The van der Waals surface area contributed by atoms with E-state index >= 15 is 0 Å². The number of carbonyl (C=O) groups is 4. The molecule has 3 unspecified atom stereocenters. The summed E-state index contributed by atoms with van der Waals surface area (Å²) in [7, 11) is -1.73. The van der Waals surface area contributed by atoms with Crippen LogP contribution in [0.4, 0.5) is 0 Å². The summed E-state index contributed by atoms with van der Waals surface area (Å²) in [5.41, 5.74) is 0.752. The largest absolute Gasteiger partial charge is 0.479 e. The van der Waals surface area contributed by atoms with Crippen molar-refractivity contribution in [3.8, 4) is 0 Å². The third kappa shape index (κ3) is 2.71. The lowest BCUT2D eigenvalue weighted by molar-refractivity contribution is -0.165. The van der Waals surface area contributed by atoms with E-state index < -0.39 is 57.6 Å². The molecule has 8 nitrogen and oxygen atoms in total. The number of hydrogen-bond acceptors (Lipinski definition) is 5. The number of carboxylic acids is 1. The minimum Gasteiger partial charge on any atom is -0.479 e. The Morgan fingerprint density at radius 2 is 1.92 bits per heavy atom. The van der Waals surface area contributed by atoms with Gasteiger partial charge in [-0.3, -0.25) is 18.6 Å². The lowest BCUT2D eigenvalue weighted by Gasteiger charge is -2.50. The van der Waals surface area contributed by atoms with Crippen LogP contribution in [0.3, 0.4) is 0 Å². The molecule has 1 aromatic rings. The van der Waals surface area contributed by atoms with Crippen molar-refractivity contribution in [1.29, 1.82) is 0 Å². The molecule has 24 heavy (non-hydrogen) atoms. The average molecular weight is 350 g/mol. The first kappa shape index (κ1) is 16.3. The van der Waals surface area contributed by atoms with Crippen LogP contribution in [0, 0.1) is 0 Å². The third-order valence-electron chi connectivity index (χ3n) is 3.97. The van der Waals surface area contributed by atoms with Crippen molar-refractivity contribution in [2.24, 2.45) is 0 Å². The van der Waals surface area contributed by atoms with E-state index in [4.69, 9.17) is 5.11 Å². The molecule has 0 radical (unpaired) electrons. The van der Waals surface area contributed by atoms with E-state index in [2.05, 4.69) is 5.32 Å². The summed E-state index contributed by atoms with van der Waals surface area (Å²) in [5.74, 6) is -3.78. The SMILES string of the molecule is O=C(Cc1ccccc1)NC1C(=O)N2C(C(=O)O)C(=O)CS(=O)[C@@H]12. The van der Waals surface area contributed by atoms with Crippen LogP contribution in [0.15, 0.2) is 30.3 Å². The van der Waals surface area contributed by atoms with E-state index in [1.165, 1.54) is 0 Å². The minimum absolute atomic E-state index is 0.0469. The monoisotopic (exact) mass is 350 g/mol. The first-order valence-corrected chi connectivity index (χ1v) is 8.56. The molecule has 0 saturated carbocycles. The van der Waals surface area contributed by atoms with E-state index in [1.54, 1.807) is 24.3 Å². The second-order valence-electron chi connectivity index (χ2n) is 5.58. The number of fused-ring (bicyclic) bond motifs is 1. The standard InChI is InChI=1S/C15H14N2O6S/c18-9-7-24(23)14-11(13(20)17(14)12(9)15(21)22)16-10(19)6-8-4-2-1-3-5-8/h1-5,11-12,14H,6-7H2,(H,16,19)(H,21,22)/t11?,12?,14-,24?/m0/s1. The van der Waals surface area contributed by atoms with E-state index in [-0.39, 0.29) is 6.42 Å². The van der Waals surface area contributed by atoms with Crippen LogP contribution >= 0.6 is 0 Å². The molecule has 0 aliphatic carbocycles. The molecule has 2 saturated heterocycles. The zero-order valence-electron chi connectivity index (χ0n) is 12.4. The molecule has 0 bridgehead atoms. The van der Waals surface area contributed by atoms with Crippen molar-refractivity contribution in [3.63, 3.8) is 0 Å². The number of Topliss-reactive ketones (excluding diaryl/α,β-unsaturated/α-hetero) is 1. The first-order valence-electron chi connectivity index (χ1n) is 7.18. The second-order valence-corrected chi connectivity index (χ2v) is 7.11. The summed E-state index contributed by atoms with van der Waals surface area (Å²) in [4.78, 5) is 47.9. The van der Waals surface area contributed by atoms with Crippen LogP contribution in [0.5, 0.6) is 0 Å². The average Bonchev–Trinajstić information content (AvgIpc) is 2.53. The maximum atomic E-state index is 12.2. The highest BCUT2D eigenvalue weighted by Crippen LogP contribution is 2.31. The van der Waals surface area contributed by atoms with Crippen molar-refractivity contribution in [2.75, 3.05) is 5.75 Å². The number of carboxylic acid groups (broad SMARTS) is 1.